The predicted octanol–water partition coefficient (Wildman–Crippen LogP) is 4.33. The number of hydrogen-bond donors (Lipinski definition) is 1. The third-order valence-corrected chi connectivity index (χ3v) is 3.85. The summed E-state index contributed by atoms with van der Waals surface area (Å²) in [6.45, 7) is 2.83. The molecule has 0 aliphatic rings. The molecular formula is C19H22ClNO. The van der Waals surface area contributed by atoms with E-state index in [1.807, 2.05) is 24.3 Å². The number of halogens is 1. The van der Waals surface area contributed by atoms with Crippen LogP contribution in [0.5, 0.6) is 0 Å². The van der Waals surface area contributed by atoms with Gasteiger partial charge in [-0.15, -0.1) is 0 Å². The molecule has 0 heterocycles. The highest BCUT2D eigenvalue weighted by Crippen LogP contribution is 2.11. The first-order valence-electron chi connectivity index (χ1n) is 7.70. The summed E-state index contributed by atoms with van der Waals surface area (Å²) in [5, 5.41) is 3.71. The number of benzene rings is 2. The van der Waals surface area contributed by atoms with Crippen LogP contribution in [0.3, 0.4) is 0 Å². The summed E-state index contributed by atoms with van der Waals surface area (Å²) in [4.78, 5) is 11.8. The Morgan fingerprint density at radius 3 is 2.55 bits per heavy atom. The van der Waals surface area contributed by atoms with E-state index in [4.69, 9.17) is 11.6 Å². The molecule has 0 unspecified atom stereocenters. The van der Waals surface area contributed by atoms with E-state index >= 15 is 0 Å². The minimum absolute atomic E-state index is 0.110. The van der Waals surface area contributed by atoms with Crippen molar-refractivity contribution in [2.45, 2.75) is 32.6 Å². The molecule has 0 saturated carbocycles. The predicted molar refractivity (Wildman–Crippen MR) is 92.3 cm³/mol. The van der Waals surface area contributed by atoms with E-state index in [1.54, 1.807) is 0 Å². The fourth-order valence-electron chi connectivity index (χ4n) is 2.39. The smallest absolute Gasteiger partial charge is 0.220 e. The lowest BCUT2D eigenvalue weighted by Crippen LogP contribution is -2.24. The zero-order valence-corrected chi connectivity index (χ0v) is 13.7. The van der Waals surface area contributed by atoms with E-state index in [0.29, 0.717) is 6.42 Å². The first kappa shape index (κ1) is 16.6. The summed E-state index contributed by atoms with van der Waals surface area (Å²) in [6, 6.07) is 16.2. The fraction of sp³-hybridized carbons (Fsp3) is 0.316. The fourth-order valence-corrected chi connectivity index (χ4v) is 2.51. The lowest BCUT2D eigenvalue weighted by Gasteiger charge is -2.06. The van der Waals surface area contributed by atoms with Crippen molar-refractivity contribution in [2.75, 3.05) is 6.54 Å². The Morgan fingerprint density at radius 1 is 1.05 bits per heavy atom. The second kappa shape index (κ2) is 8.60. The first-order chi connectivity index (χ1) is 10.6. The Kier molecular flexibility index (Phi) is 6.47. The van der Waals surface area contributed by atoms with Crippen LogP contribution in [0.25, 0.3) is 0 Å². The van der Waals surface area contributed by atoms with E-state index in [0.717, 1.165) is 36.4 Å². The average molecular weight is 316 g/mol. The van der Waals surface area contributed by atoms with Gasteiger partial charge in [-0.2, -0.15) is 0 Å². The van der Waals surface area contributed by atoms with Crippen molar-refractivity contribution in [1.82, 2.24) is 5.32 Å². The lowest BCUT2D eigenvalue weighted by molar-refractivity contribution is -0.121. The normalized spacial score (nSPS) is 10.5. The molecule has 0 aliphatic carbocycles. The highest BCUT2D eigenvalue weighted by molar-refractivity contribution is 6.30. The standard InChI is InChI=1S/C19H22ClNO/c1-15-4-2-5-17(14-15)6-3-13-21-19(22)12-9-16-7-10-18(20)11-8-16/h2,4-5,7-8,10-11,14H,3,6,9,12-13H2,1H3,(H,21,22). The van der Waals surface area contributed by atoms with Gasteiger partial charge in [0.15, 0.2) is 0 Å². The van der Waals surface area contributed by atoms with Crippen LogP contribution in [0.15, 0.2) is 48.5 Å². The molecule has 0 bridgehead atoms. The van der Waals surface area contributed by atoms with Crippen molar-refractivity contribution in [3.05, 3.63) is 70.2 Å². The summed E-state index contributed by atoms with van der Waals surface area (Å²) >= 11 is 5.84. The second-order valence-electron chi connectivity index (χ2n) is 5.57. The van der Waals surface area contributed by atoms with E-state index < -0.39 is 0 Å². The molecule has 22 heavy (non-hydrogen) atoms. The zero-order valence-electron chi connectivity index (χ0n) is 12.9. The van der Waals surface area contributed by atoms with Crippen LogP contribution in [-0.4, -0.2) is 12.5 Å². The van der Waals surface area contributed by atoms with Crippen molar-refractivity contribution < 1.29 is 4.79 Å². The molecule has 1 N–H and O–H groups in total. The van der Waals surface area contributed by atoms with Crippen molar-refractivity contribution in [1.29, 1.82) is 0 Å². The minimum atomic E-state index is 0.110. The number of amides is 1. The third-order valence-electron chi connectivity index (χ3n) is 3.60. The number of nitrogens with one attached hydrogen (secondary N) is 1. The maximum atomic E-state index is 11.8. The van der Waals surface area contributed by atoms with Gasteiger partial charge in [0.1, 0.15) is 0 Å². The van der Waals surface area contributed by atoms with Crippen molar-refractivity contribution >= 4 is 17.5 Å². The monoisotopic (exact) mass is 315 g/mol. The van der Waals surface area contributed by atoms with Gasteiger partial charge < -0.3 is 5.32 Å². The van der Waals surface area contributed by atoms with Gasteiger partial charge in [-0.05, 0) is 49.4 Å². The van der Waals surface area contributed by atoms with E-state index in [1.165, 1.54) is 11.1 Å². The maximum absolute atomic E-state index is 11.8. The van der Waals surface area contributed by atoms with Crippen LogP contribution < -0.4 is 5.32 Å². The molecule has 0 spiro atoms. The van der Waals surface area contributed by atoms with Crippen LogP contribution in [0.2, 0.25) is 5.02 Å². The molecule has 0 atom stereocenters. The first-order valence-corrected chi connectivity index (χ1v) is 8.08. The van der Waals surface area contributed by atoms with Crippen LogP contribution in [0.4, 0.5) is 0 Å². The zero-order chi connectivity index (χ0) is 15.8. The Labute approximate surface area is 137 Å². The van der Waals surface area contributed by atoms with Gasteiger partial charge in [-0.3, -0.25) is 4.79 Å². The molecule has 116 valence electrons. The van der Waals surface area contributed by atoms with E-state index in [9.17, 15) is 4.79 Å². The minimum Gasteiger partial charge on any atom is -0.356 e. The van der Waals surface area contributed by atoms with Gasteiger partial charge in [0.2, 0.25) is 5.91 Å². The molecule has 0 fully saturated rings. The summed E-state index contributed by atoms with van der Waals surface area (Å²) in [5.41, 5.74) is 3.75. The molecule has 3 heteroatoms. The van der Waals surface area contributed by atoms with Gasteiger partial charge in [-0.25, -0.2) is 0 Å². The molecule has 0 saturated heterocycles. The van der Waals surface area contributed by atoms with Gasteiger partial charge in [-0.1, -0.05) is 53.6 Å². The highest BCUT2D eigenvalue weighted by atomic mass is 35.5. The molecule has 2 rings (SSSR count). The quantitative estimate of drug-likeness (QED) is 0.757. The number of hydrogen-bond acceptors (Lipinski definition) is 1. The number of carbonyl (C=O) groups is 1. The number of carbonyl (C=O) groups excluding carboxylic acids is 1. The molecule has 2 aromatic rings. The molecule has 0 radical (unpaired) electrons. The number of aryl methyl sites for hydroxylation is 3. The third kappa shape index (κ3) is 5.90. The Bertz CT molecular complexity index is 607. The molecule has 0 aromatic heterocycles. The van der Waals surface area contributed by atoms with Crippen LogP contribution in [0, 0.1) is 6.92 Å². The van der Waals surface area contributed by atoms with Crippen molar-refractivity contribution in [3.63, 3.8) is 0 Å². The SMILES string of the molecule is Cc1cccc(CCCNC(=O)CCc2ccc(Cl)cc2)c1. The van der Waals surface area contributed by atoms with E-state index in [-0.39, 0.29) is 5.91 Å². The molecule has 1 amide bonds. The molecule has 2 nitrogen and oxygen atoms in total. The summed E-state index contributed by atoms with van der Waals surface area (Å²) in [5.74, 6) is 0.110. The maximum Gasteiger partial charge on any atom is 0.220 e. The van der Waals surface area contributed by atoms with E-state index in [2.05, 4.69) is 36.5 Å². The van der Waals surface area contributed by atoms with Crippen LogP contribution >= 0.6 is 11.6 Å². The van der Waals surface area contributed by atoms with Crippen LogP contribution in [-0.2, 0) is 17.6 Å². The van der Waals surface area contributed by atoms with Gasteiger partial charge >= 0.3 is 0 Å². The largest absolute Gasteiger partial charge is 0.356 e. The summed E-state index contributed by atoms with van der Waals surface area (Å²) in [6.07, 6.45) is 3.24. The molecular weight excluding hydrogens is 294 g/mol. The Hall–Kier alpha value is -1.80. The topological polar surface area (TPSA) is 29.1 Å². The van der Waals surface area contributed by atoms with Gasteiger partial charge in [0.25, 0.3) is 0 Å². The second-order valence-corrected chi connectivity index (χ2v) is 6.01. The average Bonchev–Trinajstić information content (AvgIpc) is 2.51. The van der Waals surface area contributed by atoms with Crippen molar-refractivity contribution in [3.8, 4) is 0 Å². The summed E-state index contributed by atoms with van der Waals surface area (Å²) < 4.78 is 0. The van der Waals surface area contributed by atoms with Crippen LogP contribution in [0.1, 0.15) is 29.5 Å². The molecule has 0 aliphatic heterocycles. The number of rotatable bonds is 7. The van der Waals surface area contributed by atoms with Gasteiger partial charge in [0, 0.05) is 18.0 Å². The van der Waals surface area contributed by atoms with Crippen molar-refractivity contribution in [2.24, 2.45) is 0 Å². The lowest BCUT2D eigenvalue weighted by atomic mass is 10.1. The highest BCUT2D eigenvalue weighted by Gasteiger charge is 2.02. The Balaban J connectivity index is 1.62. The molecule has 2 aromatic carbocycles. The summed E-state index contributed by atoms with van der Waals surface area (Å²) in [7, 11) is 0. The Morgan fingerprint density at radius 2 is 1.82 bits per heavy atom. The van der Waals surface area contributed by atoms with Gasteiger partial charge in [0.05, 0.1) is 0 Å².